The molecule has 0 fully saturated rings. The molecule has 8 heteroatoms. The third-order valence-corrected chi connectivity index (χ3v) is 0. The van der Waals surface area contributed by atoms with Gasteiger partial charge in [0.15, 0.2) is 0 Å². The molecule has 0 spiro atoms. The molecule has 1 radical (unpaired) electrons. The summed E-state index contributed by atoms with van der Waals surface area (Å²) < 4.78 is 0. The Hall–Kier alpha value is 1.39. The van der Waals surface area contributed by atoms with Gasteiger partial charge in [-0.3, -0.25) is 0 Å². The number of hydrogen-bond donors (Lipinski definition) is 0. The van der Waals surface area contributed by atoms with E-state index in [1.807, 2.05) is 27.2 Å². The van der Waals surface area contributed by atoms with Crippen LogP contribution >= 0.6 is 0 Å². The van der Waals surface area contributed by atoms with Crippen LogP contribution < -0.4 is 71.9 Å². The Morgan fingerprint density at radius 2 is 0.417 bits per heavy atom. The second kappa shape index (κ2) is 832. The topological polar surface area (TPSA) is 68.3 Å². The SMILES string of the molecule is C=O.C=O.C=O.C=O.[Fe+3].[I-].[I-].[I-]. The summed E-state index contributed by atoms with van der Waals surface area (Å²) in [5.41, 5.74) is 0. The molecule has 4 nitrogen and oxygen atoms in total. The Morgan fingerprint density at radius 1 is 0.417 bits per heavy atom. The average Bonchev–Trinajstić information content (AvgIpc) is 2.03. The van der Waals surface area contributed by atoms with Crippen LogP contribution in [0.1, 0.15) is 0 Å². The summed E-state index contributed by atoms with van der Waals surface area (Å²) in [7, 11) is 0. The van der Waals surface area contributed by atoms with E-state index in [0.29, 0.717) is 0 Å². The van der Waals surface area contributed by atoms with Crippen LogP contribution in [0.3, 0.4) is 0 Å². The van der Waals surface area contributed by atoms with E-state index in [1.54, 1.807) is 0 Å². The van der Waals surface area contributed by atoms with E-state index in [0.717, 1.165) is 0 Å². The van der Waals surface area contributed by atoms with Gasteiger partial charge in [-0.15, -0.1) is 0 Å². The van der Waals surface area contributed by atoms with Crippen molar-refractivity contribution >= 4 is 27.2 Å². The fourth-order valence-corrected chi connectivity index (χ4v) is 0. The molecule has 0 rings (SSSR count). The van der Waals surface area contributed by atoms with Crippen molar-refractivity contribution in [3.63, 3.8) is 0 Å². The predicted molar refractivity (Wildman–Crippen MR) is 28.5 cm³/mol. The summed E-state index contributed by atoms with van der Waals surface area (Å²) in [6.07, 6.45) is 0. The van der Waals surface area contributed by atoms with E-state index in [1.165, 1.54) is 0 Å². The Kier molecular flexibility index (Phi) is 4910. The molecule has 0 aromatic carbocycles. The smallest absolute Gasteiger partial charge is 1.00 e. The van der Waals surface area contributed by atoms with E-state index in [4.69, 9.17) is 19.2 Å². The number of carbonyl (C=O) groups excluding carboxylic acids is 4. The molecule has 0 amide bonds. The number of carbonyl (C=O) groups is 4. The molecule has 12 heavy (non-hydrogen) atoms. The van der Waals surface area contributed by atoms with Crippen molar-refractivity contribution in [2.75, 3.05) is 0 Å². The van der Waals surface area contributed by atoms with Crippen molar-refractivity contribution in [1.82, 2.24) is 0 Å². The summed E-state index contributed by atoms with van der Waals surface area (Å²) in [6, 6.07) is 0. The van der Waals surface area contributed by atoms with Crippen LogP contribution in [0.5, 0.6) is 0 Å². The molecule has 0 saturated heterocycles. The summed E-state index contributed by atoms with van der Waals surface area (Å²) in [5, 5.41) is 0. The third kappa shape index (κ3) is 637. The zero-order valence-electron chi connectivity index (χ0n) is 5.95. The first-order chi connectivity index (χ1) is 4.00. The largest absolute Gasteiger partial charge is 3.00 e. The van der Waals surface area contributed by atoms with E-state index >= 15 is 0 Å². The van der Waals surface area contributed by atoms with Gasteiger partial charge in [0.05, 0.1) is 0 Å². The van der Waals surface area contributed by atoms with Gasteiger partial charge in [-0.1, -0.05) is 0 Å². The number of hydrogen-bond acceptors (Lipinski definition) is 4. The maximum atomic E-state index is 8.00. The van der Waals surface area contributed by atoms with Gasteiger partial charge in [0.1, 0.15) is 27.2 Å². The first-order valence-electron chi connectivity index (χ1n) is 1.15. The van der Waals surface area contributed by atoms with Crippen LogP contribution in [-0.2, 0) is 36.2 Å². The van der Waals surface area contributed by atoms with Gasteiger partial charge in [-0.2, -0.15) is 0 Å². The second-order valence-corrected chi connectivity index (χ2v) is 0. The van der Waals surface area contributed by atoms with Crippen molar-refractivity contribution in [2.24, 2.45) is 0 Å². The normalized spacial score (nSPS) is 1.33. The minimum Gasteiger partial charge on any atom is -1.00 e. The van der Waals surface area contributed by atoms with Gasteiger partial charge in [-0.25, -0.2) is 0 Å². The van der Waals surface area contributed by atoms with Crippen molar-refractivity contribution in [2.45, 2.75) is 0 Å². The summed E-state index contributed by atoms with van der Waals surface area (Å²) >= 11 is 0. The van der Waals surface area contributed by atoms with Gasteiger partial charge in [-0.05, 0) is 0 Å². The molecular formula is C4H8FeI3O4. The first kappa shape index (κ1) is 70.8. The van der Waals surface area contributed by atoms with E-state index < -0.39 is 0 Å². The fraction of sp³-hybridized carbons (Fsp3) is 0. The number of rotatable bonds is 0. The van der Waals surface area contributed by atoms with Crippen LogP contribution in [0, 0.1) is 0 Å². The minimum absolute atomic E-state index is 0. The first-order valence-corrected chi connectivity index (χ1v) is 1.15. The molecule has 0 N–H and O–H groups in total. The van der Waals surface area contributed by atoms with Crippen LogP contribution in [-0.4, -0.2) is 27.2 Å². The number of halogens is 3. The Labute approximate surface area is 134 Å². The molecule has 0 saturated carbocycles. The van der Waals surface area contributed by atoms with E-state index in [-0.39, 0.29) is 89.0 Å². The zero-order valence-corrected chi connectivity index (χ0v) is 13.5. The monoisotopic (exact) mass is 557 g/mol. The molecule has 77 valence electrons. The third-order valence-electron chi connectivity index (χ3n) is 0. The van der Waals surface area contributed by atoms with Gasteiger partial charge >= 0.3 is 17.1 Å². The molecule has 0 aromatic rings. The van der Waals surface area contributed by atoms with Crippen LogP contribution in [0.2, 0.25) is 0 Å². The summed E-state index contributed by atoms with van der Waals surface area (Å²) in [5.74, 6) is 0. The van der Waals surface area contributed by atoms with Gasteiger partial charge in [0.2, 0.25) is 0 Å². The molecule has 0 atom stereocenters. The van der Waals surface area contributed by atoms with Crippen molar-refractivity contribution in [3.05, 3.63) is 0 Å². The van der Waals surface area contributed by atoms with Gasteiger partial charge in [0, 0.05) is 0 Å². The Bertz CT molecular complexity index is 30.3. The molecule has 0 unspecified atom stereocenters. The maximum Gasteiger partial charge on any atom is 3.00 e. The average molecular weight is 557 g/mol. The molecular weight excluding hydrogens is 549 g/mol. The minimum atomic E-state index is 0. The van der Waals surface area contributed by atoms with E-state index in [2.05, 4.69) is 0 Å². The quantitative estimate of drug-likeness (QED) is 0.220. The fourth-order valence-electron chi connectivity index (χ4n) is 0. The molecule has 0 heterocycles. The Balaban J connectivity index is -0.00000000267. The predicted octanol–water partition coefficient (Wildman–Crippen LogP) is -9.73. The molecule has 0 aromatic heterocycles. The second-order valence-electron chi connectivity index (χ2n) is 0. The summed E-state index contributed by atoms with van der Waals surface area (Å²) in [6.45, 7) is 8.00. The van der Waals surface area contributed by atoms with Gasteiger partial charge < -0.3 is 91.1 Å². The van der Waals surface area contributed by atoms with Crippen LogP contribution in [0.15, 0.2) is 0 Å². The van der Waals surface area contributed by atoms with Crippen molar-refractivity contribution < 1.29 is 108 Å². The molecule has 0 aliphatic rings. The van der Waals surface area contributed by atoms with Crippen molar-refractivity contribution in [1.29, 1.82) is 0 Å². The van der Waals surface area contributed by atoms with Gasteiger partial charge in [0.25, 0.3) is 0 Å². The molecule has 0 aliphatic heterocycles. The zero-order chi connectivity index (χ0) is 8.00. The van der Waals surface area contributed by atoms with Crippen molar-refractivity contribution in [3.8, 4) is 0 Å². The standard InChI is InChI=1S/4CH2O.Fe.3HI/c4*1-2;;;;/h4*1H2;;3*1H/q;;;;+3;;;/p-3. The summed E-state index contributed by atoms with van der Waals surface area (Å²) in [4.78, 5) is 32.0. The molecule has 0 aliphatic carbocycles. The Morgan fingerprint density at radius 3 is 0.417 bits per heavy atom. The van der Waals surface area contributed by atoms with Crippen LogP contribution in [0.4, 0.5) is 0 Å². The maximum absolute atomic E-state index is 8.00. The van der Waals surface area contributed by atoms with E-state index in [9.17, 15) is 0 Å². The molecule has 0 bridgehead atoms. The van der Waals surface area contributed by atoms with Crippen LogP contribution in [0.25, 0.3) is 0 Å².